The lowest BCUT2D eigenvalue weighted by molar-refractivity contribution is -0.274. The highest BCUT2D eigenvalue weighted by molar-refractivity contribution is 5.85. The van der Waals surface area contributed by atoms with Crippen LogP contribution in [-0.4, -0.2) is 42.8 Å². The second-order valence-electron chi connectivity index (χ2n) is 7.99. The minimum Gasteiger partial charge on any atom is -0.405 e. The van der Waals surface area contributed by atoms with Gasteiger partial charge in [0.15, 0.2) is 0 Å². The van der Waals surface area contributed by atoms with Crippen LogP contribution in [0.3, 0.4) is 0 Å². The van der Waals surface area contributed by atoms with Crippen LogP contribution in [0.15, 0.2) is 24.3 Å². The molecule has 1 aromatic rings. The van der Waals surface area contributed by atoms with E-state index in [-0.39, 0.29) is 35.9 Å². The largest absolute Gasteiger partial charge is 0.573 e. The molecule has 156 valence electrons. The topological polar surface area (TPSA) is 41.6 Å². The third-order valence-corrected chi connectivity index (χ3v) is 5.85. The number of ether oxygens (including phenoxy) is 1. The zero-order valence-corrected chi connectivity index (χ0v) is 16.4. The van der Waals surface area contributed by atoms with Gasteiger partial charge < -0.3 is 15.0 Å². The molecule has 0 radical (unpaired) electrons. The number of hydrogen-bond acceptors (Lipinski definition) is 3. The maximum atomic E-state index is 12.8. The first-order valence-electron chi connectivity index (χ1n) is 9.77. The van der Waals surface area contributed by atoms with Gasteiger partial charge in [-0.15, -0.1) is 25.6 Å². The van der Waals surface area contributed by atoms with E-state index in [1.54, 1.807) is 12.1 Å². The Morgan fingerprint density at radius 2 is 1.82 bits per heavy atom. The second-order valence-corrected chi connectivity index (χ2v) is 7.99. The lowest BCUT2D eigenvalue weighted by atomic mass is 10.0. The van der Waals surface area contributed by atoms with Crippen molar-refractivity contribution in [3.8, 4) is 5.75 Å². The van der Waals surface area contributed by atoms with Crippen molar-refractivity contribution in [2.24, 2.45) is 11.8 Å². The molecule has 2 saturated carbocycles. The number of likely N-dealkylation sites (tertiary alicyclic amines) is 1. The highest BCUT2D eigenvalue weighted by Gasteiger charge is 2.48. The van der Waals surface area contributed by atoms with Crippen molar-refractivity contribution < 1.29 is 22.7 Å². The van der Waals surface area contributed by atoms with Gasteiger partial charge in [-0.05, 0) is 62.1 Å². The van der Waals surface area contributed by atoms with E-state index in [9.17, 15) is 18.0 Å². The summed E-state index contributed by atoms with van der Waals surface area (Å²) < 4.78 is 41.9. The van der Waals surface area contributed by atoms with Gasteiger partial charge in [0, 0.05) is 25.0 Å². The number of nitrogens with zero attached hydrogens (tertiary/aromatic N) is 1. The third-order valence-electron chi connectivity index (χ3n) is 5.85. The smallest absolute Gasteiger partial charge is 0.405 e. The molecule has 2 unspecified atom stereocenters. The Labute approximate surface area is 169 Å². The molecule has 1 amide bonds. The zero-order chi connectivity index (χ0) is 19.0. The normalized spacial score (nSPS) is 25.2. The first kappa shape index (κ1) is 21.2. The Bertz CT molecular complexity index is 688. The van der Waals surface area contributed by atoms with Gasteiger partial charge in [-0.25, -0.2) is 0 Å². The number of piperidine rings is 1. The summed E-state index contributed by atoms with van der Waals surface area (Å²) in [5, 5.41) is 3.59. The zero-order valence-electron chi connectivity index (χ0n) is 15.6. The molecule has 0 spiro atoms. The Kier molecular flexibility index (Phi) is 6.44. The highest BCUT2D eigenvalue weighted by atomic mass is 35.5. The summed E-state index contributed by atoms with van der Waals surface area (Å²) in [7, 11) is 0. The van der Waals surface area contributed by atoms with Crippen molar-refractivity contribution in [2.75, 3.05) is 19.6 Å². The molecule has 1 N–H and O–H groups in total. The molecule has 8 heteroatoms. The van der Waals surface area contributed by atoms with Gasteiger partial charge in [0.05, 0.1) is 0 Å². The van der Waals surface area contributed by atoms with E-state index >= 15 is 0 Å². The monoisotopic (exact) mass is 418 g/mol. The molecule has 1 heterocycles. The SMILES string of the molecule is Cl.O=C(C1CC1c1ccccc1OC(F)(F)F)N1CCC(NCC2CC2)CC1. The Hall–Kier alpha value is -1.47. The van der Waals surface area contributed by atoms with Crippen LogP contribution in [0.5, 0.6) is 5.75 Å². The van der Waals surface area contributed by atoms with Crippen LogP contribution in [-0.2, 0) is 4.79 Å². The van der Waals surface area contributed by atoms with Gasteiger partial charge in [0.2, 0.25) is 5.91 Å². The molecule has 3 aliphatic rings. The molecule has 0 bridgehead atoms. The third kappa shape index (κ3) is 5.32. The molecule has 2 atom stereocenters. The molecule has 1 aromatic carbocycles. The Balaban J connectivity index is 0.00000225. The molecule has 0 aromatic heterocycles. The van der Waals surface area contributed by atoms with E-state index in [4.69, 9.17) is 0 Å². The van der Waals surface area contributed by atoms with Gasteiger partial charge in [-0.1, -0.05) is 18.2 Å². The minimum atomic E-state index is -4.72. The fourth-order valence-electron chi connectivity index (χ4n) is 4.01. The fraction of sp³-hybridized carbons (Fsp3) is 0.650. The fourth-order valence-corrected chi connectivity index (χ4v) is 4.01. The average Bonchev–Trinajstić information content (AvgIpc) is 3.53. The number of benzene rings is 1. The standard InChI is InChI=1S/C20H25F3N2O2.ClH/c21-20(22,23)27-18-4-2-1-3-15(18)16-11-17(16)19(26)25-9-7-14(8-10-25)24-12-13-5-6-13;/h1-4,13-14,16-17,24H,5-12H2;1H. The van der Waals surface area contributed by atoms with Crippen molar-refractivity contribution in [1.82, 2.24) is 10.2 Å². The van der Waals surface area contributed by atoms with E-state index in [2.05, 4.69) is 10.1 Å². The molecule has 1 aliphatic heterocycles. The lowest BCUT2D eigenvalue weighted by Gasteiger charge is -2.33. The van der Waals surface area contributed by atoms with Crippen molar-refractivity contribution in [1.29, 1.82) is 0 Å². The number of amides is 1. The van der Waals surface area contributed by atoms with Gasteiger partial charge in [-0.3, -0.25) is 4.79 Å². The summed E-state index contributed by atoms with van der Waals surface area (Å²) in [6.07, 6.45) is 0.420. The van der Waals surface area contributed by atoms with Crippen LogP contribution in [0.4, 0.5) is 13.2 Å². The summed E-state index contributed by atoms with van der Waals surface area (Å²) in [5.41, 5.74) is 0.481. The highest BCUT2D eigenvalue weighted by Crippen LogP contribution is 2.51. The molecule has 1 saturated heterocycles. The van der Waals surface area contributed by atoms with Gasteiger partial charge in [-0.2, -0.15) is 0 Å². The van der Waals surface area contributed by atoms with Crippen LogP contribution in [0.2, 0.25) is 0 Å². The molecular formula is C20H26ClF3N2O2. The number of alkyl halides is 3. The van der Waals surface area contributed by atoms with Crippen molar-refractivity contribution >= 4 is 18.3 Å². The summed E-state index contributed by atoms with van der Waals surface area (Å²) in [6, 6.07) is 6.64. The Morgan fingerprint density at radius 1 is 1.14 bits per heavy atom. The van der Waals surface area contributed by atoms with Gasteiger partial charge in [0.25, 0.3) is 0 Å². The van der Waals surface area contributed by atoms with Crippen molar-refractivity contribution in [2.45, 2.75) is 50.4 Å². The number of rotatable bonds is 6. The molecule has 2 aliphatic carbocycles. The Morgan fingerprint density at radius 3 is 2.46 bits per heavy atom. The van der Waals surface area contributed by atoms with E-state index < -0.39 is 6.36 Å². The number of carbonyl (C=O) groups excluding carboxylic acids is 1. The predicted molar refractivity (Wildman–Crippen MR) is 102 cm³/mol. The maximum absolute atomic E-state index is 12.8. The molecule has 3 fully saturated rings. The van der Waals surface area contributed by atoms with Crippen molar-refractivity contribution in [3.63, 3.8) is 0 Å². The van der Waals surface area contributed by atoms with Crippen molar-refractivity contribution in [3.05, 3.63) is 29.8 Å². The summed E-state index contributed by atoms with van der Waals surface area (Å²) in [4.78, 5) is 14.6. The van der Waals surface area contributed by atoms with Crippen LogP contribution in [0.1, 0.15) is 43.6 Å². The quantitative estimate of drug-likeness (QED) is 0.756. The number of halogens is 4. The number of carbonyl (C=O) groups is 1. The minimum absolute atomic E-state index is 0. The van der Waals surface area contributed by atoms with E-state index in [0.29, 0.717) is 18.0 Å². The van der Waals surface area contributed by atoms with Crippen LogP contribution < -0.4 is 10.1 Å². The van der Waals surface area contributed by atoms with E-state index in [1.165, 1.54) is 25.0 Å². The van der Waals surface area contributed by atoms with Crippen LogP contribution in [0.25, 0.3) is 0 Å². The maximum Gasteiger partial charge on any atom is 0.573 e. The summed E-state index contributed by atoms with van der Waals surface area (Å²) in [6.45, 7) is 2.54. The van der Waals surface area contributed by atoms with Crippen LogP contribution >= 0.6 is 12.4 Å². The predicted octanol–water partition coefficient (Wildman–Crippen LogP) is 4.10. The van der Waals surface area contributed by atoms with E-state index in [1.807, 2.05) is 4.90 Å². The molecule has 28 heavy (non-hydrogen) atoms. The first-order chi connectivity index (χ1) is 12.9. The number of hydrogen-bond donors (Lipinski definition) is 1. The lowest BCUT2D eigenvalue weighted by Crippen LogP contribution is -2.46. The molecule has 4 nitrogen and oxygen atoms in total. The number of nitrogens with one attached hydrogen (secondary N) is 1. The average molecular weight is 419 g/mol. The van der Waals surface area contributed by atoms with Crippen LogP contribution in [0, 0.1) is 11.8 Å². The second kappa shape index (κ2) is 8.49. The van der Waals surface area contributed by atoms with E-state index in [0.717, 1.165) is 38.4 Å². The first-order valence-corrected chi connectivity index (χ1v) is 9.77. The summed E-state index contributed by atoms with van der Waals surface area (Å²) >= 11 is 0. The number of para-hydroxylation sites is 1. The summed E-state index contributed by atoms with van der Waals surface area (Å²) in [5.74, 6) is 0.326. The van der Waals surface area contributed by atoms with Gasteiger partial charge in [0.1, 0.15) is 5.75 Å². The molecule has 4 rings (SSSR count). The molecular weight excluding hydrogens is 393 g/mol. The van der Waals surface area contributed by atoms with Gasteiger partial charge >= 0.3 is 6.36 Å².